The van der Waals surface area contributed by atoms with Gasteiger partial charge in [-0.2, -0.15) is 0 Å². The van der Waals surface area contributed by atoms with E-state index in [-0.39, 0.29) is 23.9 Å². The second kappa shape index (κ2) is 5.80. The van der Waals surface area contributed by atoms with E-state index in [0.29, 0.717) is 10.6 Å². The zero-order chi connectivity index (χ0) is 12.1. The van der Waals surface area contributed by atoms with Gasteiger partial charge in [-0.25, -0.2) is 0 Å². The van der Waals surface area contributed by atoms with Crippen molar-refractivity contribution in [1.82, 2.24) is 0 Å². The predicted molar refractivity (Wildman–Crippen MR) is 64.9 cm³/mol. The number of ketones is 2. The van der Waals surface area contributed by atoms with E-state index in [1.807, 2.05) is 13.8 Å². The maximum Gasteiger partial charge on any atom is 0.170 e. The van der Waals surface area contributed by atoms with E-state index in [1.54, 1.807) is 24.3 Å². The molecule has 0 aliphatic heterocycles. The minimum absolute atomic E-state index is 0.00227. The summed E-state index contributed by atoms with van der Waals surface area (Å²) in [5.74, 6) is -0.180. The van der Waals surface area contributed by atoms with Crippen LogP contribution < -0.4 is 0 Å². The van der Waals surface area contributed by atoms with Gasteiger partial charge in [0.1, 0.15) is 5.78 Å². The highest BCUT2D eigenvalue weighted by Gasteiger charge is 2.16. The molecule has 3 heteroatoms. The van der Waals surface area contributed by atoms with E-state index in [1.165, 1.54) is 0 Å². The first-order valence-corrected chi connectivity index (χ1v) is 5.74. The summed E-state index contributed by atoms with van der Waals surface area (Å²) in [4.78, 5) is 23.3. The van der Waals surface area contributed by atoms with Gasteiger partial charge in [0.05, 0.1) is 6.42 Å². The summed E-state index contributed by atoms with van der Waals surface area (Å²) in [6.45, 7) is 3.78. The van der Waals surface area contributed by atoms with Crippen LogP contribution in [0.2, 0.25) is 5.02 Å². The number of halogens is 1. The van der Waals surface area contributed by atoms with Crippen molar-refractivity contribution in [3.05, 3.63) is 34.9 Å². The van der Waals surface area contributed by atoms with E-state index in [2.05, 4.69) is 0 Å². The van der Waals surface area contributed by atoms with E-state index in [0.717, 1.165) is 6.42 Å². The third-order valence-corrected chi connectivity index (χ3v) is 2.91. The Hall–Kier alpha value is -1.15. The normalized spacial score (nSPS) is 12.2. The van der Waals surface area contributed by atoms with Gasteiger partial charge in [0.2, 0.25) is 0 Å². The van der Waals surface area contributed by atoms with Gasteiger partial charge in [-0.15, -0.1) is 0 Å². The third-order valence-electron chi connectivity index (χ3n) is 2.66. The van der Waals surface area contributed by atoms with Crippen molar-refractivity contribution in [2.45, 2.75) is 26.7 Å². The molecule has 0 N–H and O–H groups in total. The van der Waals surface area contributed by atoms with Crippen molar-refractivity contribution < 1.29 is 9.59 Å². The topological polar surface area (TPSA) is 34.1 Å². The van der Waals surface area contributed by atoms with Crippen LogP contribution in [0.3, 0.4) is 0 Å². The average molecular weight is 239 g/mol. The zero-order valence-electron chi connectivity index (χ0n) is 9.50. The molecule has 0 aliphatic rings. The standard InChI is InChI=1S/C13H15ClO2/c1-3-9(2)12(15)8-13(16)10-4-6-11(14)7-5-10/h4-7,9H,3,8H2,1-2H3. The Morgan fingerprint density at radius 3 is 2.31 bits per heavy atom. The Bertz CT molecular complexity index is 381. The highest BCUT2D eigenvalue weighted by Crippen LogP contribution is 2.13. The summed E-state index contributed by atoms with van der Waals surface area (Å²) < 4.78 is 0. The SMILES string of the molecule is CCC(C)C(=O)CC(=O)c1ccc(Cl)cc1. The Morgan fingerprint density at radius 1 is 1.25 bits per heavy atom. The van der Waals surface area contributed by atoms with Crippen LogP contribution in [0.1, 0.15) is 37.0 Å². The van der Waals surface area contributed by atoms with Gasteiger partial charge in [0.25, 0.3) is 0 Å². The summed E-state index contributed by atoms with van der Waals surface area (Å²) in [7, 11) is 0. The predicted octanol–water partition coefficient (Wildman–Crippen LogP) is 3.53. The maximum absolute atomic E-state index is 11.7. The Kier molecular flexibility index (Phi) is 4.69. The third kappa shape index (κ3) is 3.46. The highest BCUT2D eigenvalue weighted by molar-refractivity contribution is 6.30. The minimum atomic E-state index is -0.137. The molecule has 0 radical (unpaired) electrons. The number of hydrogen-bond donors (Lipinski definition) is 0. The van der Waals surface area contributed by atoms with Crippen molar-refractivity contribution in [3.8, 4) is 0 Å². The van der Waals surface area contributed by atoms with Gasteiger partial charge in [0, 0.05) is 16.5 Å². The molecule has 1 aromatic rings. The summed E-state index contributed by atoms with van der Waals surface area (Å²) >= 11 is 5.72. The van der Waals surface area contributed by atoms with E-state index in [9.17, 15) is 9.59 Å². The lowest BCUT2D eigenvalue weighted by Crippen LogP contribution is -2.15. The number of benzene rings is 1. The minimum Gasteiger partial charge on any atom is -0.299 e. The second-order valence-electron chi connectivity index (χ2n) is 3.88. The van der Waals surface area contributed by atoms with Gasteiger partial charge >= 0.3 is 0 Å². The molecule has 86 valence electrons. The van der Waals surface area contributed by atoms with Crippen LogP contribution in [0.4, 0.5) is 0 Å². The fourth-order valence-corrected chi connectivity index (χ4v) is 1.42. The molecule has 0 aromatic heterocycles. The van der Waals surface area contributed by atoms with Crippen LogP contribution in [0, 0.1) is 5.92 Å². The first kappa shape index (κ1) is 12.9. The molecule has 1 atom stereocenters. The molecular weight excluding hydrogens is 224 g/mol. The Balaban J connectivity index is 2.66. The number of carbonyl (C=O) groups excluding carboxylic acids is 2. The van der Waals surface area contributed by atoms with Crippen LogP contribution in [-0.4, -0.2) is 11.6 Å². The molecule has 0 bridgehead atoms. The molecule has 1 rings (SSSR count). The van der Waals surface area contributed by atoms with Crippen molar-refractivity contribution >= 4 is 23.2 Å². The Labute approximate surface area is 101 Å². The summed E-state index contributed by atoms with van der Waals surface area (Å²) in [5.41, 5.74) is 0.543. The summed E-state index contributed by atoms with van der Waals surface area (Å²) in [5, 5.41) is 0.588. The number of carbonyl (C=O) groups is 2. The molecule has 16 heavy (non-hydrogen) atoms. The highest BCUT2D eigenvalue weighted by atomic mass is 35.5. The van der Waals surface area contributed by atoms with Crippen molar-refractivity contribution in [1.29, 1.82) is 0 Å². The molecule has 1 unspecified atom stereocenters. The van der Waals surface area contributed by atoms with Crippen LogP contribution >= 0.6 is 11.6 Å². The van der Waals surface area contributed by atoms with Crippen molar-refractivity contribution in [2.24, 2.45) is 5.92 Å². The molecule has 1 aromatic carbocycles. The van der Waals surface area contributed by atoms with Crippen LogP contribution in [0.25, 0.3) is 0 Å². The lowest BCUT2D eigenvalue weighted by molar-refractivity contribution is -0.121. The largest absolute Gasteiger partial charge is 0.299 e. The molecule has 0 spiro atoms. The lowest BCUT2D eigenvalue weighted by Gasteiger charge is -2.06. The zero-order valence-corrected chi connectivity index (χ0v) is 10.3. The maximum atomic E-state index is 11.7. The fourth-order valence-electron chi connectivity index (χ4n) is 1.30. The molecule has 0 aliphatic carbocycles. The number of Topliss-reactive ketones (excluding diaryl/α,β-unsaturated/α-hetero) is 2. The molecule has 0 fully saturated rings. The lowest BCUT2D eigenvalue weighted by atomic mass is 9.97. The summed E-state index contributed by atoms with van der Waals surface area (Å²) in [6.07, 6.45) is 0.753. The molecule has 0 heterocycles. The fraction of sp³-hybridized carbons (Fsp3) is 0.385. The monoisotopic (exact) mass is 238 g/mol. The molecular formula is C13H15ClO2. The number of hydrogen-bond acceptors (Lipinski definition) is 2. The van der Waals surface area contributed by atoms with E-state index >= 15 is 0 Å². The van der Waals surface area contributed by atoms with Crippen LogP contribution in [-0.2, 0) is 4.79 Å². The number of rotatable bonds is 5. The Morgan fingerprint density at radius 2 is 1.81 bits per heavy atom. The first-order valence-electron chi connectivity index (χ1n) is 5.36. The van der Waals surface area contributed by atoms with Crippen LogP contribution in [0.5, 0.6) is 0 Å². The van der Waals surface area contributed by atoms with E-state index in [4.69, 9.17) is 11.6 Å². The van der Waals surface area contributed by atoms with Gasteiger partial charge in [0.15, 0.2) is 5.78 Å². The first-order chi connectivity index (χ1) is 7.54. The van der Waals surface area contributed by atoms with Gasteiger partial charge < -0.3 is 0 Å². The van der Waals surface area contributed by atoms with Gasteiger partial charge in [-0.3, -0.25) is 9.59 Å². The molecule has 0 amide bonds. The van der Waals surface area contributed by atoms with Crippen molar-refractivity contribution in [3.63, 3.8) is 0 Å². The molecule has 0 saturated carbocycles. The van der Waals surface area contributed by atoms with Crippen molar-refractivity contribution in [2.75, 3.05) is 0 Å². The molecule has 2 nitrogen and oxygen atoms in total. The average Bonchev–Trinajstić information content (AvgIpc) is 2.28. The van der Waals surface area contributed by atoms with Gasteiger partial charge in [-0.1, -0.05) is 25.4 Å². The van der Waals surface area contributed by atoms with E-state index < -0.39 is 0 Å². The quantitative estimate of drug-likeness (QED) is 0.581. The van der Waals surface area contributed by atoms with Gasteiger partial charge in [-0.05, 0) is 30.7 Å². The smallest absolute Gasteiger partial charge is 0.170 e. The molecule has 0 saturated heterocycles. The summed E-state index contributed by atoms with van der Waals surface area (Å²) in [6, 6.07) is 6.61. The second-order valence-corrected chi connectivity index (χ2v) is 4.32. The van der Waals surface area contributed by atoms with Crippen LogP contribution in [0.15, 0.2) is 24.3 Å².